The Morgan fingerprint density at radius 1 is 1.27 bits per heavy atom. The van der Waals surface area contributed by atoms with E-state index in [1.54, 1.807) is 10.8 Å². The second-order valence-electron chi connectivity index (χ2n) is 1.75. The lowest BCUT2D eigenvalue weighted by atomic mass is 10.5. The molecule has 0 aromatic carbocycles. The molecule has 4 N–H and O–H groups in total. The van der Waals surface area contributed by atoms with Crippen LogP contribution >= 0.6 is 21.6 Å². The largest absolute Gasteiger partial charge is 0.383 e. The van der Waals surface area contributed by atoms with Crippen molar-refractivity contribution in [2.24, 2.45) is 0 Å². The van der Waals surface area contributed by atoms with Gasteiger partial charge in [0.1, 0.15) is 11.6 Å². The number of aromatic nitrogens is 2. The average molecular weight is 188 g/mol. The molecular weight excluding hydrogens is 180 g/mol. The second-order valence-corrected chi connectivity index (χ2v) is 4.12. The van der Waals surface area contributed by atoms with Crippen LogP contribution in [0, 0.1) is 0 Å². The molecule has 0 atom stereocenters. The second kappa shape index (κ2) is 3.68. The van der Waals surface area contributed by atoms with Gasteiger partial charge in [-0.1, -0.05) is 10.8 Å². The summed E-state index contributed by atoms with van der Waals surface area (Å²) in [4.78, 5) is 7.91. The first-order valence-electron chi connectivity index (χ1n) is 2.83. The van der Waals surface area contributed by atoms with Gasteiger partial charge in [0.2, 0.25) is 5.16 Å². The summed E-state index contributed by atoms with van der Waals surface area (Å²) in [5.41, 5.74) is 10.9. The van der Waals surface area contributed by atoms with Crippen molar-refractivity contribution >= 4 is 33.2 Å². The molecule has 0 saturated carbocycles. The zero-order valence-electron chi connectivity index (χ0n) is 5.94. The van der Waals surface area contributed by atoms with Crippen molar-refractivity contribution in [1.82, 2.24) is 9.97 Å². The average Bonchev–Trinajstić information content (AvgIpc) is 1.85. The van der Waals surface area contributed by atoms with Crippen molar-refractivity contribution in [1.29, 1.82) is 0 Å². The zero-order valence-corrected chi connectivity index (χ0v) is 7.58. The normalized spacial score (nSPS) is 9.91. The SMILES string of the molecule is CSSc1nc(N)cc(N)n1. The predicted molar refractivity (Wildman–Crippen MR) is 50.2 cm³/mol. The van der Waals surface area contributed by atoms with E-state index in [0.29, 0.717) is 16.8 Å². The molecule has 6 heteroatoms. The van der Waals surface area contributed by atoms with E-state index in [-0.39, 0.29) is 0 Å². The van der Waals surface area contributed by atoms with Crippen LogP contribution < -0.4 is 11.5 Å². The van der Waals surface area contributed by atoms with E-state index in [1.165, 1.54) is 16.9 Å². The number of rotatable bonds is 2. The molecule has 0 saturated heterocycles. The molecule has 0 bridgehead atoms. The van der Waals surface area contributed by atoms with Crippen molar-refractivity contribution < 1.29 is 0 Å². The number of anilines is 2. The van der Waals surface area contributed by atoms with Crippen molar-refractivity contribution in [3.8, 4) is 0 Å². The molecular formula is C5H8N4S2. The highest BCUT2D eigenvalue weighted by Gasteiger charge is 1.98. The van der Waals surface area contributed by atoms with Crippen LogP contribution in [0.15, 0.2) is 11.2 Å². The Bertz CT molecular complexity index is 232. The highest BCUT2D eigenvalue weighted by atomic mass is 33.1. The van der Waals surface area contributed by atoms with Crippen LogP contribution in [-0.4, -0.2) is 16.2 Å². The van der Waals surface area contributed by atoms with Crippen LogP contribution in [0.4, 0.5) is 11.6 Å². The Hall–Kier alpha value is -0.620. The van der Waals surface area contributed by atoms with E-state index in [2.05, 4.69) is 9.97 Å². The Kier molecular flexibility index (Phi) is 2.84. The maximum absolute atomic E-state index is 5.44. The van der Waals surface area contributed by atoms with Crippen LogP contribution in [0.3, 0.4) is 0 Å². The predicted octanol–water partition coefficient (Wildman–Crippen LogP) is 1.01. The van der Waals surface area contributed by atoms with Crippen LogP contribution in [0.25, 0.3) is 0 Å². The van der Waals surface area contributed by atoms with Gasteiger partial charge in [-0.3, -0.25) is 0 Å². The summed E-state index contributed by atoms with van der Waals surface area (Å²) >= 11 is 0. The van der Waals surface area contributed by atoms with Gasteiger partial charge >= 0.3 is 0 Å². The summed E-state index contributed by atoms with van der Waals surface area (Å²) in [5.74, 6) is 0.822. The van der Waals surface area contributed by atoms with Gasteiger partial charge in [0.05, 0.1) is 0 Å². The molecule has 0 unspecified atom stereocenters. The third-order valence-electron chi connectivity index (χ3n) is 0.903. The molecule has 11 heavy (non-hydrogen) atoms. The minimum absolute atomic E-state index is 0.411. The van der Waals surface area contributed by atoms with Crippen molar-refractivity contribution in [3.63, 3.8) is 0 Å². The van der Waals surface area contributed by atoms with E-state index in [0.717, 1.165) is 0 Å². The first kappa shape index (κ1) is 8.48. The fraction of sp³-hybridized carbons (Fsp3) is 0.200. The van der Waals surface area contributed by atoms with Crippen molar-refractivity contribution in [2.45, 2.75) is 5.16 Å². The smallest absolute Gasteiger partial charge is 0.202 e. The van der Waals surface area contributed by atoms with Gasteiger partial charge in [-0.05, 0) is 17.0 Å². The Labute approximate surface area is 72.6 Å². The molecule has 0 fully saturated rings. The molecule has 0 aliphatic rings. The third-order valence-corrected chi connectivity index (χ3v) is 2.35. The molecule has 60 valence electrons. The van der Waals surface area contributed by atoms with Gasteiger partial charge in [-0.15, -0.1) is 0 Å². The zero-order chi connectivity index (χ0) is 8.27. The Morgan fingerprint density at radius 2 is 1.82 bits per heavy atom. The number of nitrogens with two attached hydrogens (primary N) is 2. The summed E-state index contributed by atoms with van der Waals surface area (Å²) in [6, 6.07) is 1.53. The molecule has 0 radical (unpaired) electrons. The highest BCUT2D eigenvalue weighted by Crippen LogP contribution is 2.25. The fourth-order valence-corrected chi connectivity index (χ4v) is 1.68. The standard InChI is InChI=1S/C5H8N4S2/c1-10-11-5-8-3(6)2-4(7)9-5/h2H,1H3,(H4,6,7,8,9). The summed E-state index contributed by atoms with van der Waals surface area (Å²) in [6.07, 6.45) is 1.94. The maximum Gasteiger partial charge on any atom is 0.202 e. The van der Waals surface area contributed by atoms with Crippen LogP contribution in [0.5, 0.6) is 0 Å². The molecule has 1 rings (SSSR count). The van der Waals surface area contributed by atoms with Crippen LogP contribution in [0.2, 0.25) is 0 Å². The summed E-state index contributed by atoms with van der Waals surface area (Å²) in [7, 11) is 2.99. The van der Waals surface area contributed by atoms with Crippen molar-refractivity contribution in [2.75, 3.05) is 17.7 Å². The van der Waals surface area contributed by atoms with Crippen molar-refractivity contribution in [3.05, 3.63) is 6.07 Å². The number of hydrogen-bond acceptors (Lipinski definition) is 6. The van der Waals surface area contributed by atoms with Gasteiger partial charge in [-0.25, -0.2) is 9.97 Å². The van der Waals surface area contributed by atoms with E-state index >= 15 is 0 Å². The quantitative estimate of drug-likeness (QED) is 0.533. The van der Waals surface area contributed by atoms with E-state index < -0.39 is 0 Å². The minimum atomic E-state index is 0.411. The number of nitrogens with zero attached hydrogens (tertiary/aromatic N) is 2. The Balaban J connectivity index is 2.89. The number of hydrogen-bond donors (Lipinski definition) is 2. The monoisotopic (exact) mass is 188 g/mol. The third kappa shape index (κ3) is 2.47. The van der Waals surface area contributed by atoms with Gasteiger partial charge in [0, 0.05) is 6.07 Å². The van der Waals surface area contributed by atoms with Gasteiger partial charge in [-0.2, -0.15) is 0 Å². The summed E-state index contributed by atoms with van der Waals surface area (Å²) in [5, 5.41) is 0.606. The summed E-state index contributed by atoms with van der Waals surface area (Å²) in [6.45, 7) is 0. The van der Waals surface area contributed by atoms with Crippen LogP contribution in [0.1, 0.15) is 0 Å². The Morgan fingerprint density at radius 3 is 2.27 bits per heavy atom. The lowest BCUT2D eigenvalue weighted by Crippen LogP contribution is -1.98. The minimum Gasteiger partial charge on any atom is -0.383 e. The molecule has 0 spiro atoms. The van der Waals surface area contributed by atoms with E-state index in [4.69, 9.17) is 11.5 Å². The van der Waals surface area contributed by atoms with E-state index in [9.17, 15) is 0 Å². The molecule has 0 aliphatic heterocycles. The number of nitrogen functional groups attached to an aromatic ring is 2. The highest BCUT2D eigenvalue weighted by molar-refractivity contribution is 8.76. The molecule has 1 aromatic rings. The fourth-order valence-electron chi connectivity index (χ4n) is 0.574. The molecule has 1 heterocycles. The molecule has 0 aliphatic carbocycles. The first-order valence-corrected chi connectivity index (χ1v) is 5.39. The van der Waals surface area contributed by atoms with Gasteiger partial charge in [0.15, 0.2) is 0 Å². The van der Waals surface area contributed by atoms with Gasteiger partial charge < -0.3 is 11.5 Å². The molecule has 1 aromatic heterocycles. The van der Waals surface area contributed by atoms with E-state index in [1.807, 2.05) is 6.26 Å². The topological polar surface area (TPSA) is 77.8 Å². The first-order chi connectivity index (χ1) is 5.22. The lowest BCUT2D eigenvalue weighted by molar-refractivity contribution is 0.991. The molecule has 0 amide bonds. The molecule has 4 nitrogen and oxygen atoms in total. The van der Waals surface area contributed by atoms with Gasteiger partial charge in [0.25, 0.3) is 0 Å². The summed E-state index contributed by atoms with van der Waals surface area (Å²) < 4.78 is 0. The maximum atomic E-state index is 5.44. The van der Waals surface area contributed by atoms with Crippen LogP contribution in [-0.2, 0) is 0 Å². The lowest BCUT2D eigenvalue weighted by Gasteiger charge is -1.98.